The maximum Gasteiger partial charge on any atom is 0.324 e. The van der Waals surface area contributed by atoms with Gasteiger partial charge in [-0.2, -0.15) is 0 Å². The van der Waals surface area contributed by atoms with E-state index in [1.165, 1.54) is 6.42 Å². The molecule has 5 nitrogen and oxygen atoms in total. The Morgan fingerprint density at radius 1 is 1.24 bits per heavy atom. The molecule has 1 unspecified atom stereocenters. The number of hydrogen-bond acceptors (Lipinski definition) is 3. The molecule has 2 heterocycles. The summed E-state index contributed by atoms with van der Waals surface area (Å²) in [5.74, 6) is -0.598. The highest BCUT2D eigenvalue weighted by atomic mass is 35.5. The number of fused-ring (bicyclic) bond motifs is 1. The third-order valence-electron chi connectivity index (χ3n) is 3.46. The fourth-order valence-corrected chi connectivity index (χ4v) is 2.69. The molecule has 1 N–H and O–H groups in total. The molecule has 0 radical (unpaired) electrons. The van der Waals surface area contributed by atoms with Gasteiger partial charge in [0.1, 0.15) is 5.88 Å². The van der Waals surface area contributed by atoms with E-state index in [4.69, 9.17) is 11.6 Å². The number of urea groups is 1. The van der Waals surface area contributed by atoms with Gasteiger partial charge in [0.15, 0.2) is 0 Å². The summed E-state index contributed by atoms with van der Waals surface area (Å²) in [6.45, 7) is 3.63. The summed E-state index contributed by atoms with van der Waals surface area (Å²) in [6, 6.07) is 0.166. The van der Waals surface area contributed by atoms with Crippen LogP contribution < -0.4 is 5.32 Å². The van der Waals surface area contributed by atoms with E-state index in [2.05, 4.69) is 10.2 Å². The van der Waals surface area contributed by atoms with Gasteiger partial charge in [0.05, 0.1) is 0 Å². The van der Waals surface area contributed by atoms with Crippen LogP contribution in [0.5, 0.6) is 0 Å². The second kappa shape index (κ2) is 5.69. The first-order chi connectivity index (χ1) is 8.20. The van der Waals surface area contributed by atoms with Crippen molar-refractivity contribution >= 4 is 23.5 Å². The molecular formula is C11H18ClN3O2. The summed E-state index contributed by atoms with van der Waals surface area (Å²) in [6.07, 6.45) is 3.33. The van der Waals surface area contributed by atoms with Crippen molar-refractivity contribution in [2.45, 2.75) is 25.3 Å². The van der Waals surface area contributed by atoms with Crippen LogP contribution in [0.15, 0.2) is 0 Å². The van der Waals surface area contributed by atoms with Crippen LogP contribution in [0, 0.1) is 0 Å². The number of alkyl halides is 1. The van der Waals surface area contributed by atoms with E-state index in [9.17, 15) is 9.59 Å². The summed E-state index contributed by atoms with van der Waals surface area (Å²) in [5.41, 5.74) is 0. The molecule has 17 heavy (non-hydrogen) atoms. The highest BCUT2D eigenvalue weighted by Gasteiger charge is 2.30. The third-order valence-corrected chi connectivity index (χ3v) is 3.70. The van der Waals surface area contributed by atoms with Crippen molar-refractivity contribution in [3.63, 3.8) is 0 Å². The molecule has 2 saturated heterocycles. The molecule has 0 bridgehead atoms. The summed E-state index contributed by atoms with van der Waals surface area (Å²) < 4.78 is 0. The number of imide groups is 1. The van der Waals surface area contributed by atoms with Gasteiger partial charge >= 0.3 is 6.03 Å². The van der Waals surface area contributed by atoms with Gasteiger partial charge in [-0.25, -0.2) is 4.79 Å². The highest BCUT2D eigenvalue weighted by molar-refractivity contribution is 6.28. The van der Waals surface area contributed by atoms with E-state index >= 15 is 0 Å². The van der Waals surface area contributed by atoms with Gasteiger partial charge in [0.2, 0.25) is 5.91 Å². The minimum Gasteiger partial charge on any atom is -0.323 e. The average molecular weight is 260 g/mol. The second-order valence-corrected chi connectivity index (χ2v) is 4.89. The first-order valence-corrected chi connectivity index (χ1v) is 6.63. The van der Waals surface area contributed by atoms with Gasteiger partial charge in [-0.3, -0.25) is 15.0 Å². The number of amides is 3. The molecule has 3 amide bonds. The lowest BCUT2D eigenvalue weighted by Crippen LogP contribution is -2.46. The maximum absolute atomic E-state index is 11.8. The molecule has 2 aliphatic rings. The van der Waals surface area contributed by atoms with Crippen LogP contribution in [0.1, 0.15) is 19.3 Å². The molecule has 96 valence electrons. The predicted octanol–water partition coefficient (Wildman–Crippen LogP) is 0.631. The highest BCUT2D eigenvalue weighted by Crippen LogP contribution is 2.21. The zero-order valence-electron chi connectivity index (χ0n) is 9.82. The van der Waals surface area contributed by atoms with E-state index in [-0.39, 0.29) is 11.9 Å². The third kappa shape index (κ3) is 3.10. The molecule has 2 aliphatic heterocycles. The Kier molecular flexibility index (Phi) is 4.23. The van der Waals surface area contributed by atoms with Crippen molar-refractivity contribution in [2.24, 2.45) is 0 Å². The lowest BCUT2D eigenvalue weighted by Gasteiger charge is -2.25. The largest absolute Gasteiger partial charge is 0.324 e. The van der Waals surface area contributed by atoms with Gasteiger partial charge in [-0.05, 0) is 25.8 Å². The van der Waals surface area contributed by atoms with Crippen LogP contribution in [-0.2, 0) is 4.79 Å². The molecule has 0 saturated carbocycles. The number of nitrogens with zero attached hydrogens (tertiary/aromatic N) is 2. The Labute approximate surface area is 106 Å². The number of nitrogens with one attached hydrogen (secondary N) is 1. The fourth-order valence-electron chi connectivity index (χ4n) is 2.62. The van der Waals surface area contributed by atoms with Crippen LogP contribution in [0.2, 0.25) is 0 Å². The molecule has 6 heteroatoms. The van der Waals surface area contributed by atoms with Gasteiger partial charge < -0.3 is 4.90 Å². The molecule has 0 aliphatic carbocycles. The van der Waals surface area contributed by atoms with E-state index in [1.807, 2.05) is 0 Å². The Bertz CT molecular complexity index is 311. The van der Waals surface area contributed by atoms with Crippen LogP contribution in [0.3, 0.4) is 0 Å². The van der Waals surface area contributed by atoms with Crippen molar-refractivity contribution in [3.8, 4) is 0 Å². The van der Waals surface area contributed by atoms with Gasteiger partial charge in [-0.15, -0.1) is 11.6 Å². The summed E-state index contributed by atoms with van der Waals surface area (Å²) in [5, 5.41) is 2.30. The molecular weight excluding hydrogens is 242 g/mol. The number of hydrogen-bond donors (Lipinski definition) is 1. The van der Waals surface area contributed by atoms with Crippen molar-refractivity contribution in [2.75, 3.05) is 32.1 Å². The number of rotatable bonds is 1. The van der Waals surface area contributed by atoms with Crippen LogP contribution in [0.25, 0.3) is 0 Å². The minimum absolute atomic E-state index is 0.171. The Balaban J connectivity index is 1.91. The lowest BCUT2D eigenvalue weighted by atomic mass is 10.2. The first kappa shape index (κ1) is 12.6. The molecule has 0 aromatic rings. The lowest BCUT2D eigenvalue weighted by molar-refractivity contribution is -0.117. The molecule has 0 aromatic carbocycles. The number of carbonyl (C=O) groups is 2. The van der Waals surface area contributed by atoms with E-state index in [1.54, 1.807) is 4.90 Å². The molecule has 1 atom stereocenters. The fraction of sp³-hybridized carbons (Fsp3) is 0.818. The summed E-state index contributed by atoms with van der Waals surface area (Å²) in [4.78, 5) is 27.1. The maximum atomic E-state index is 11.8. The van der Waals surface area contributed by atoms with E-state index in [0.29, 0.717) is 12.6 Å². The second-order valence-electron chi connectivity index (χ2n) is 4.62. The average Bonchev–Trinajstić information content (AvgIpc) is 2.66. The first-order valence-electron chi connectivity index (χ1n) is 6.09. The Hall–Kier alpha value is -0.810. The topological polar surface area (TPSA) is 52.7 Å². The smallest absolute Gasteiger partial charge is 0.323 e. The van der Waals surface area contributed by atoms with Crippen molar-refractivity contribution in [3.05, 3.63) is 0 Å². The van der Waals surface area contributed by atoms with E-state index < -0.39 is 5.91 Å². The van der Waals surface area contributed by atoms with Crippen molar-refractivity contribution in [1.82, 2.24) is 15.1 Å². The zero-order valence-corrected chi connectivity index (χ0v) is 10.6. The SMILES string of the molecule is O=C(CCl)NC(=O)N1CCCN2CCCC2C1. The summed E-state index contributed by atoms with van der Waals surface area (Å²) in [7, 11) is 0. The van der Waals surface area contributed by atoms with Gasteiger partial charge in [-0.1, -0.05) is 0 Å². The number of halogens is 1. The predicted molar refractivity (Wildman–Crippen MR) is 65.0 cm³/mol. The van der Waals surface area contributed by atoms with Crippen molar-refractivity contribution < 1.29 is 9.59 Å². The van der Waals surface area contributed by atoms with Gasteiger partial charge in [0.25, 0.3) is 0 Å². The monoisotopic (exact) mass is 259 g/mol. The van der Waals surface area contributed by atoms with Crippen LogP contribution in [0.4, 0.5) is 4.79 Å². The normalized spacial score (nSPS) is 25.2. The molecule has 2 rings (SSSR count). The molecule has 0 aromatic heterocycles. The Morgan fingerprint density at radius 3 is 2.76 bits per heavy atom. The van der Waals surface area contributed by atoms with Crippen LogP contribution >= 0.6 is 11.6 Å². The van der Waals surface area contributed by atoms with Crippen LogP contribution in [-0.4, -0.2) is 59.8 Å². The summed E-state index contributed by atoms with van der Waals surface area (Å²) >= 11 is 5.37. The molecule has 2 fully saturated rings. The van der Waals surface area contributed by atoms with E-state index in [0.717, 1.165) is 32.5 Å². The minimum atomic E-state index is -0.427. The van der Waals surface area contributed by atoms with Gasteiger partial charge in [0, 0.05) is 25.7 Å². The zero-order chi connectivity index (χ0) is 12.3. The Morgan fingerprint density at radius 2 is 2.00 bits per heavy atom. The standard InChI is InChI=1S/C11H18ClN3O2/c12-7-10(16)13-11(17)15-6-2-5-14-4-1-3-9(14)8-15/h9H,1-8H2,(H,13,16,17). The quantitative estimate of drug-likeness (QED) is 0.703. The van der Waals surface area contributed by atoms with Crippen molar-refractivity contribution in [1.29, 1.82) is 0 Å². The molecule has 0 spiro atoms. The number of carbonyl (C=O) groups excluding carboxylic acids is 2.